The summed E-state index contributed by atoms with van der Waals surface area (Å²) >= 11 is 0. The summed E-state index contributed by atoms with van der Waals surface area (Å²) in [6.07, 6.45) is 12.8. The van der Waals surface area contributed by atoms with Crippen LogP contribution in [0.15, 0.2) is 35.8 Å². The van der Waals surface area contributed by atoms with Crippen molar-refractivity contribution in [2.24, 2.45) is 0 Å². The maximum atomic E-state index is 3.00. The van der Waals surface area contributed by atoms with Crippen molar-refractivity contribution in [3.63, 3.8) is 0 Å². The number of allylic oxidation sites excluding steroid dienone is 4. The van der Waals surface area contributed by atoms with Gasteiger partial charge in [-0.25, -0.2) is 0 Å². The van der Waals surface area contributed by atoms with E-state index in [1.54, 1.807) is 0 Å². The van der Waals surface area contributed by atoms with Gasteiger partial charge in [-0.3, -0.25) is 0 Å². The maximum absolute atomic E-state index is 3.00. The molecule has 0 aromatic rings. The molecular weight excluding hydrogens is 144 g/mol. The lowest BCUT2D eigenvalue weighted by Gasteiger charge is -1.81. The van der Waals surface area contributed by atoms with E-state index in [9.17, 15) is 0 Å². The van der Waals surface area contributed by atoms with Gasteiger partial charge in [-0.1, -0.05) is 37.5 Å². The van der Waals surface area contributed by atoms with Crippen molar-refractivity contribution in [2.75, 3.05) is 0 Å². The molecule has 0 saturated heterocycles. The SMILES string of the molecule is CCC=C=C=CCCC=CCC. The van der Waals surface area contributed by atoms with Gasteiger partial charge < -0.3 is 0 Å². The normalized spacial score (nSPS) is 9.17. The predicted octanol–water partition coefficient (Wildman–Crippen LogP) is 4.01. The van der Waals surface area contributed by atoms with Gasteiger partial charge in [0.1, 0.15) is 0 Å². The van der Waals surface area contributed by atoms with Crippen molar-refractivity contribution in [2.45, 2.75) is 39.5 Å². The Labute approximate surface area is 76.0 Å². The first-order valence-electron chi connectivity index (χ1n) is 4.71. The fourth-order valence-electron chi connectivity index (χ4n) is 0.756. The Balaban J connectivity index is 3.48. The lowest BCUT2D eigenvalue weighted by atomic mass is 10.2. The molecule has 0 aliphatic carbocycles. The van der Waals surface area contributed by atoms with E-state index < -0.39 is 0 Å². The average Bonchev–Trinajstić information content (AvgIpc) is 2.10. The standard InChI is InChI=1S/C12H18/c1-3-5-7-9-11-12-10-8-6-4-2/h5-7,12H,3-4,9,11H2,1-2H3. The Morgan fingerprint density at radius 1 is 0.833 bits per heavy atom. The molecule has 0 nitrogen and oxygen atoms in total. The van der Waals surface area contributed by atoms with Crippen molar-refractivity contribution in [3.8, 4) is 0 Å². The van der Waals surface area contributed by atoms with Crippen molar-refractivity contribution in [1.82, 2.24) is 0 Å². The maximum Gasteiger partial charge on any atom is -0.0233 e. The Bertz CT molecular complexity index is 196. The largest absolute Gasteiger partial charge is 0.0888 e. The smallest absolute Gasteiger partial charge is 0.0233 e. The first-order chi connectivity index (χ1) is 5.91. The van der Waals surface area contributed by atoms with Crippen LogP contribution < -0.4 is 0 Å². The van der Waals surface area contributed by atoms with Crippen LogP contribution in [-0.4, -0.2) is 0 Å². The highest BCUT2D eigenvalue weighted by Crippen LogP contribution is 1.92. The van der Waals surface area contributed by atoms with Gasteiger partial charge in [0.15, 0.2) is 0 Å². The average molecular weight is 162 g/mol. The van der Waals surface area contributed by atoms with Crippen LogP contribution in [-0.2, 0) is 0 Å². The van der Waals surface area contributed by atoms with Crippen LogP contribution >= 0.6 is 0 Å². The zero-order chi connectivity index (χ0) is 9.07. The molecule has 0 fully saturated rings. The summed E-state index contributed by atoms with van der Waals surface area (Å²) in [5.74, 6) is 0. The molecule has 0 rings (SSSR count). The van der Waals surface area contributed by atoms with Crippen LogP contribution in [0.3, 0.4) is 0 Å². The molecule has 0 aliphatic heterocycles. The van der Waals surface area contributed by atoms with Crippen LogP contribution in [0.1, 0.15) is 39.5 Å². The number of hydrogen-bond acceptors (Lipinski definition) is 0. The fourth-order valence-corrected chi connectivity index (χ4v) is 0.756. The highest BCUT2D eigenvalue weighted by atomic mass is 13.8. The molecule has 0 saturated carbocycles. The quantitative estimate of drug-likeness (QED) is 0.325. The van der Waals surface area contributed by atoms with E-state index in [1.165, 1.54) is 0 Å². The van der Waals surface area contributed by atoms with E-state index in [0.29, 0.717) is 0 Å². The molecule has 0 bridgehead atoms. The molecule has 0 heteroatoms. The summed E-state index contributed by atoms with van der Waals surface area (Å²) in [5, 5.41) is 0. The van der Waals surface area contributed by atoms with E-state index in [4.69, 9.17) is 0 Å². The molecule has 0 unspecified atom stereocenters. The zero-order valence-electron chi connectivity index (χ0n) is 8.14. The summed E-state index contributed by atoms with van der Waals surface area (Å²) < 4.78 is 0. The third-order valence-electron chi connectivity index (χ3n) is 1.37. The highest BCUT2D eigenvalue weighted by Gasteiger charge is 1.72. The van der Waals surface area contributed by atoms with Crippen LogP contribution in [0.2, 0.25) is 0 Å². The predicted molar refractivity (Wildman–Crippen MR) is 55.1 cm³/mol. The van der Waals surface area contributed by atoms with Crippen LogP contribution in [0, 0.1) is 0 Å². The van der Waals surface area contributed by atoms with Crippen molar-refractivity contribution >= 4 is 0 Å². The summed E-state index contributed by atoms with van der Waals surface area (Å²) in [6.45, 7) is 4.24. The van der Waals surface area contributed by atoms with Gasteiger partial charge in [0.2, 0.25) is 0 Å². The zero-order valence-corrected chi connectivity index (χ0v) is 8.14. The first kappa shape index (κ1) is 11.0. The molecule has 0 heterocycles. The van der Waals surface area contributed by atoms with Gasteiger partial charge in [-0.15, -0.1) is 0 Å². The highest BCUT2D eigenvalue weighted by molar-refractivity contribution is 4.89. The minimum absolute atomic E-state index is 1.04. The molecule has 0 aromatic heterocycles. The van der Waals surface area contributed by atoms with Crippen molar-refractivity contribution < 1.29 is 0 Å². The third-order valence-corrected chi connectivity index (χ3v) is 1.37. The molecule has 0 radical (unpaired) electrons. The third kappa shape index (κ3) is 9.04. The van der Waals surface area contributed by atoms with Crippen LogP contribution in [0.5, 0.6) is 0 Å². The monoisotopic (exact) mass is 162 g/mol. The van der Waals surface area contributed by atoms with Crippen molar-refractivity contribution in [3.05, 3.63) is 35.8 Å². The molecule has 0 atom stereocenters. The van der Waals surface area contributed by atoms with E-state index in [-0.39, 0.29) is 0 Å². The van der Waals surface area contributed by atoms with Crippen molar-refractivity contribution in [1.29, 1.82) is 0 Å². The molecule has 0 N–H and O–H groups in total. The van der Waals surface area contributed by atoms with Gasteiger partial charge in [0, 0.05) is 0 Å². The number of hydrogen-bond donors (Lipinski definition) is 0. The second-order valence-corrected chi connectivity index (χ2v) is 2.56. The van der Waals surface area contributed by atoms with Gasteiger partial charge >= 0.3 is 0 Å². The molecule has 0 aromatic carbocycles. The lowest BCUT2D eigenvalue weighted by molar-refractivity contribution is 1.04. The van der Waals surface area contributed by atoms with Crippen LogP contribution in [0.4, 0.5) is 0 Å². The summed E-state index contributed by atoms with van der Waals surface area (Å²) in [5.41, 5.74) is 5.97. The Kier molecular flexibility index (Phi) is 9.24. The molecule has 0 spiro atoms. The topological polar surface area (TPSA) is 0 Å². The minimum atomic E-state index is 1.04. The number of unbranched alkanes of at least 4 members (excludes halogenated alkanes) is 1. The fraction of sp³-hybridized carbons (Fsp3) is 0.500. The van der Waals surface area contributed by atoms with Crippen LogP contribution in [0.25, 0.3) is 0 Å². The molecule has 0 aliphatic rings. The Morgan fingerprint density at radius 2 is 1.58 bits per heavy atom. The molecule has 66 valence electrons. The summed E-state index contributed by atoms with van der Waals surface area (Å²) in [7, 11) is 0. The first-order valence-corrected chi connectivity index (χ1v) is 4.71. The summed E-state index contributed by atoms with van der Waals surface area (Å²) in [6, 6.07) is 0. The Hall–Kier alpha value is -0.960. The van der Waals surface area contributed by atoms with E-state index in [2.05, 4.69) is 37.5 Å². The molecule has 0 amide bonds. The molecule has 12 heavy (non-hydrogen) atoms. The van der Waals surface area contributed by atoms with E-state index in [1.807, 2.05) is 12.2 Å². The second kappa shape index (κ2) is 10.0. The van der Waals surface area contributed by atoms with Gasteiger partial charge in [0.25, 0.3) is 0 Å². The Morgan fingerprint density at radius 3 is 2.25 bits per heavy atom. The van der Waals surface area contributed by atoms with E-state index >= 15 is 0 Å². The minimum Gasteiger partial charge on any atom is -0.0888 e. The van der Waals surface area contributed by atoms with Gasteiger partial charge in [0.05, 0.1) is 0 Å². The van der Waals surface area contributed by atoms with E-state index in [0.717, 1.165) is 25.7 Å². The second-order valence-electron chi connectivity index (χ2n) is 2.56. The number of rotatable bonds is 5. The molecular formula is C12H18. The lowest BCUT2D eigenvalue weighted by Crippen LogP contribution is -1.62. The van der Waals surface area contributed by atoms with Gasteiger partial charge in [-0.05, 0) is 37.8 Å². The van der Waals surface area contributed by atoms with Gasteiger partial charge in [-0.2, -0.15) is 0 Å². The summed E-state index contributed by atoms with van der Waals surface area (Å²) in [4.78, 5) is 0.